The standard InChI is InChI=1S/C15H22N2OS/c1-11-16-13(10-19-11)9-15(18)17-8-4-6-12-5-2-3-7-14(12)17/h10,12,14H,2-9H2,1H3. The van der Waals surface area contributed by atoms with Gasteiger partial charge in [-0.3, -0.25) is 4.79 Å². The SMILES string of the molecule is Cc1nc(CC(=O)N2CCCC3CCCCC32)cs1. The van der Waals surface area contributed by atoms with Gasteiger partial charge in [-0.05, 0) is 38.5 Å². The van der Waals surface area contributed by atoms with Gasteiger partial charge in [-0.15, -0.1) is 11.3 Å². The summed E-state index contributed by atoms with van der Waals surface area (Å²) >= 11 is 1.63. The van der Waals surface area contributed by atoms with Crippen LogP contribution in [0.25, 0.3) is 0 Å². The third-order valence-corrected chi connectivity index (χ3v) is 5.38. The fourth-order valence-electron chi connectivity index (χ4n) is 3.68. The number of likely N-dealkylation sites (tertiary alicyclic amines) is 1. The second-order valence-corrected chi connectivity index (χ2v) is 6.94. The van der Waals surface area contributed by atoms with E-state index in [9.17, 15) is 4.79 Å². The number of fused-ring (bicyclic) bond motifs is 1. The summed E-state index contributed by atoms with van der Waals surface area (Å²) < 4.78 is 0. The normalized spacial score (nSPS) is 27.1. The van der Waals surface area contributed by atoms with Crippen LogP contribution in [0.5, 0.6) is 0 Å². The number of amides is 1. The molecule has 104 valence electrons. The molecule has 1 aromatic rings. The molecular weight excluding hydrogens is 256 g/mol. The van der Waals surface area contributed by atoms with Crippen molar-refractivity contribution in [3.63, 3.8) is 0 Å². The lowest BCUT2D eigenvalue weighted by molar-refractivity contribution is -0.136. The molecule has 1 aliphatic heterocycles. The number of hydrogen-bond acceptors (Lipinski definition) is 3. The van der Waals surface area contributed by atoms with Crippen molar-refractivity contribution in [3.8, 4) is 0 Å². The van der Waals surface area contributed by atoms with Gasteiger partial charge in [0.1, 0.15) is 0 Å². The predicted molar refractivity (Wildman–Crippen MR) is 77.2 cm³/mol. The van der Waals surface area contributed by atoms with Crippen molar-refractivity contribution in [3.05, 3.63) is 16.1 Å². The summed E-state index contributed by atoms with van der Waals surface area (Å²) in [6, 6.07) is 0.523. The molecule has 2 aliphatic rings. The molecule has 0 radical (unpaired) electrons. The first kappa shape index (κ1) is 13.1. The van der Waals surface area contributed by atoms with Crippen LogP contribution in [0.4, 0.5) is 0 Å². The lowest BCUT2D eigenvalue weighted by Crippen LogP contribution is -2.50. The van der Waals surface area contributed by atoms with Crippen molar-refractivity contribution in [2.45, 2.75) is 57.9 Å². The van der Waals surface area contributed by atoms with Crippen LogP contribution in [0.1, 0.15) is 49.2 Å². The fourth-order valence-corrected chi connectivity index (χ4v) is 4.29. The molecule has 3 nitrogen and oxygen atoms in total. The number of aromatic nitrogens is 1. The monoisotopic (exact) mass is 278 g/mol. The molecule has 3 rings (SSSR count). The molecule has 1 saturated heterocycles. The summed E-state index contributed by atoms with van der Waals surface area (Å²) in [4.78, 5) is 19.1. The average Bonchev–Trinajstić information content (AvgIpc) is 2.83. The first-order valence-corrected chi connectivity index (χ1v) is 8.32. The number of piperidine rings is 1. The molecule has 19 heavy (non-hydrogen) atoms. The predicted octanol–water partition coefficient (Wildman–Crippen LogP) is 3.18. The minimum absolute atomic E-state index is 0.293. The maximum absolute atomic E-state index is 12.5. The smallest absolute Gasteiger partial charge is 0.228 e. The van der Waals surface area contributed by atoms with E-state index in [1.807, 2.05) is 12.3 Å². The Labute approximate surface area is 119 Å². The molecule has 2 atom stereocenters. The molecule has 2 heterocycles. The van der Waals surface area contributed by atoms with Gasteiger partial charge in [0.2, 0.25) is 5.91 Å². The zero-order valence-corrected chi connectivity index (χ0v) is 12.4. The largest absolute Gasteiger partial charge is 0.339 e. The number of nitrogens with zero attached hydrogens (tertiary/aromatic N) is 2. The van der Waals surface area contributed by atoms with Crippen molar-refractivity contribution in [1.82, 2.24) is 9.88 Å². The number of carbonyl (C=O) groups excluding carboxylic acids is 1. The maximum Gasteiger partial charge on any atom is 0.228 e. The summed E-state index contributed by atoms with van der Waals surface area (Å²) in [5.41, 5.74) is 0.949. The van der Waals surface area contributed by atoms with E-state index in [1.165, 1.54) is 38.5 Å². The van der Waals surface area contributed by atoms with E-state index in [0.717, 1.165) is 23.2 Å². The Morgan fingerprint density at radius 3 is 2.95 bits per heavy atom. The highest BCUT2D eigenvalue weighted by Gasteiger charge is 2.35. The molecule has 1 aromatic heterocycles. The first-order chi connectivity index (χ1) is 9.24. The molecule has 2 unspecified atom stereocenters. The second kappa shape index (κ2) is 5.61. The average molecular weight is 278 g/mol. The van der Waals surface area contributed by atoms with Crippen LogP contribution in [-0.4, -0.2) is 28.4 Å². The van der Waals surface area contributed by atoms with Gasteiger partial charge in [-0.25, -0.2) is 4.98 Å². The number of carbonyl (C=O) groups is 1. The maximum atomic E-state index is 12.5. The Hall–Kier alpha value is -0.900. The van der Waals surface area contributed by atoms with Gasteiger partial charge in [0.15, 0.2) is 0 Å². The zero-order valence-electron chi connectivity index (χ0n) is 11.6. The molecule has 2 fully saturated rings. The van der Waals surface area contributed by atoms with Crippen LogP contribution in [0.15, 0.2) is 5.38 Å². The van der Waals surface area contributed by atoms with Gasteiger partial charge < -0.3 is 4.90 Å². The highest BCUT2D eigenvalue weighted by molar-refractivity contribution is 7.09. The van der Waals surface area contributed by atoms with Gasteiger partial charge in [0, 0.05) is 18.0 Å². The molecule has 1 saturated carbocycles. The van der Waals surface area contributed by atoms with E-state index >= 15 is 0 Å². The number of hydrogen-bond donors (Lipinski definition) is 0. The van der Waals surface area contributed by atoms with Crippen molar-refractivity contribution >= 4 is 17.2 Å². The molecule has 0 aromatic carbocycles. The van der Waals surface area contributed by atoms with Crippen LogP contribution >= 0.6 is 11.3 Å². The van der Waals surface area contributed by atoms with Crippen LogP contribution in [0, 0.1) is 12.8 Å². The first-order valence-electron chi connectivity index (χ1n) is 7.44. The second-order valence-electron chi connectivity index (χ2n) is 5.88. The van der Waals surface area contributed by atoms with Crippen LogP contribution in [0.3, 0.4) is 0 Å². The Morgan fingerprint density at radius 2 is 2.16 bits per heavy atom. The Balaban J connectivity index is 1.67. The van der Waals surface area contributed by atoms with Gasteiger partial charge in [0.05, 0.1) is 17.1 Å². The highest BCUT2D eigenvalue weighted by atomic mass is 32.1. The molecular formula is C15H22N2OS. The summed E-state index contributed by atoms with van der Waals surface area (Å²) in [6.07, 6.45) is 8.19. The van der Waals surface area contributed by atoms with E-state index in [-0.39, 0.29) is 0 Å². The molecule has 4 heteroatoms. The molecule has 0 spiro atoms. The van der Waals surface area contributed by atoms with Gasteiger partial charge in [0.25, 0.3) is 0 Å². The fraction of sp³-hybridized carbons (Fsp3) is 0.733. The molecule has 0 N–H and O–H groups in total. The summed E-state index contributed by atoms with van der Waals surface area (Å²) in [5, 5.41) is 3.08. The van der Waals surface area contributed by atoms with Crippen molar-refractivity contribution in [2.24, 2.45) is 5.92 Å². The van der Waals surface area contributed by atoms with Gasteiger partial charge in [-0.1, -0.05) is 12.8 Å². The summed E-state index contributed by atoms with van der Waals surface area (Å²) in [7, 11) is 0. The number of thiazole rings is 1. The molecule has 1 aliphatic carbocycles. The highest BCUT2D eigenvalue weighted by Crippen LogP contribution is 2.35. The van der Waals surface area contributed by atoms with Crippen molar-refractivity contribution in [2.75, 3.05) is 6.54 Å². The quantitative estimate of drug-likeness (QED) is 0.832. The van der Waals surface area contributed by atoms with E-state index in [2.05, 4.69) is 9.88 Å². The van der Waals surface area contributed by atoms with E-state index in [0.29, 0.717) is 18.4 Å². The topological polar surface area (TPSA) is 33.2 Å². The van der Waals surface area contributed by atoms with E-state index < -0.39 is 0 Å². The Morgan fingerprint density at radius 1 is 1.37 bits per heavy atom. The Kier molecular flexibility index (Phi) is 3.87. The van der Waals surface area contributed by atoms with Crippen LogP contribution < -0.4 is 0 Å². The van der Waals surface area contributed by atoms with E-state index in [4.69, 9.17) is 0 Å². The number of rotatable bonds is 2. The van der Waals surface area contributed by atoms with Crippen molar-refractivity contribution < 1.29 is 4.79 Å². The minimum atomic E-state index is 0.293. The molecule has 1 amide bonds. The zero-order chi connectivity index (χ0) is 13.2. The van der Waals surface area contributed by atoms with Gasteiger partial charge >= 0.3 is 0 Å². The third-order valence-electron chi connectivity index (χ3n) is 4.56. The summed E-state index contributed by atoms with van der Waals surface area (Å²) in [6.45, 7) is 2.96. The van der Waals surface area contributed by atoms with Crippen molar-refractivity contribution in [1.29, 1.82) is 0 Å². The van der Waals surface area contributed by atoms with Crippen LogP contribution in [0.2, 0.25) is 0 Å². The minimum Gasteiger partial charge on any atom is -0.339 e. The Bertz CT molecular complexity index is 455. The summed E-state index contributed by atoms with van der Waals surface area (Å²) in [5.74, 6) is 1.06. The number of aryl methyl sites for hydroxylation is 1. The third kappa shape index (κ3) is 2.83. The van der Waals surface area contributed by atoms with Gasteiger partial charge in [-0.2, -0.15) is 0 Å². The lowest BCUT2D eigenvalue weighted by atomic mass is 9.78. The van der Waals surface area contributed by atoms with E-state index in [1.54, 1.807) is 11.3 Å². The lowest BCUT2D eigenvalue weighted by Gasteiger charge is -2.44. The molecule has 0 bridgehead atoms. The van der Waals surface area contributed by atoms with Crippen LogP contribution in [-0.2, 0) is 11.2 Å².